The van der Waals surface area contributed by atoms with Gasteiger partial charge in [-0.05, 0) is 73.1 Å². The monoisotopic (exact) mass is 868 g/mol. The maximum Gasteiger partial charge on any atom is 0.164 e. The molecule has 0 amide bonds. The van der Waals surface area contributed by atoms with E-state index in [0.29, 0.717) is 34.9 Å². The third-order valence-corrected chi connectivity index (χ3v) is 12.4. The first-order chi connectivity index (χ1) is 33.7. The van der Waals surface area contributed by atoms with Gasteiger partial charge in [-0.15, -0.1) is 0 Å². The molecule has 6 heteroatoms. The summed E-state index contributed by atoms with van der Waals surface area (Å²) in [6.07, 6.45) is 0. The third-order valence-electron chi connectivity index (χ3n) is 12.4. The number of hydrogen-bond acceptors (Lipinski definition) is 6. The van der Waals surface area contributed by atoms with E-state index >= 15 is 0 Å². The molecule has 0 saturated carbocycles. The van der Waals surface area contributed by atoms with E-state index in [1.165, 1.54) is 10.8 Å². The maximum absolute atomic E-state index is 5.28. The maximum atomic E-state index is 5.28. The standard InChI is InChI=1S/C62H40N6/c1-4-20-43(21-5-1)57-64-60(49-29-16-28-47(39-49)48-35-34-41-18-10-11-26-46(41)38-48)66-61(65-57)50-36-37-54(56(40-50)52-33-17-27-42-19-12-13-30-51(42)52)53-31-14-15-32-55(53)62-67-58(44-22-6-2-7-23-44)63-59(68-62)45-24-8-3-9-25-45/h1-40H. The number of rotatable bonds is 9. The summed E-state index contributed by atoms with van der Waals surface area (Å²) < 4.78 is 0. The van der Waals surface area contributed by atoms with Gasteiger partial charge in [0, 0.05) is 33.4 Å². The molecule has 0 spiro atoms. The average Bonchev–Trinajstić information content (AvgIpc) is 3.43. The van der Waals surface area contributed by atoms with E-state index in [2.05, 4.69) is 146 Å². The lowest BCUT2D eigenvalue weighted by Gasteiger charge is -2.18. The third kappa shape index (κ3) is 7.86. The van der Waals surface area contributed by atoms with Crippen molar-refractivity contribution in [3.8, 4) is 102 Å². The highest BCUT2D eigenvalue weighted by Gasteiger charge is 2.21. The fourth-order valence-corrected chi connectivity index (χ4v) is 9.00. The van der Waals surface area contributed by atoms with Crippen LogP contribution in [0.5, 0.6) is 0 Å². The highest BCUT2D eigenvalue weighted by Crippen LogP contribution is 2.42. The van der Waals surface area contributed by atoms with Crippen LogP contribution < -0.4 is 0 Å². The average molecular weight is 869 g/mol. The largest absolute Gasteiger partial charge is 0.208 e. The SMILES string of the molecule is c1ccc(-c2nc(-c3cccc(-c4ccc5ccccc5c4)c3)nc(-c3ccc(-c4ccccc4-c4nc(-c5ccccc5)nc(-c5ccccc5)n4)c(-c4cccc5ccccc45)c3)n2)cc1. The van der Waals surface area contributed by atoms with Crippen molar-refractivity contribution in [2.24, 2.45) is 0 Å². The Morgan fingerprint density at radius 3 is 1.22 bits per heavy atom. The van der Waals surface area contributed by atoms with Crippen LogP contribution in [-0.2, 0) is 0 Å². The predicted octanol–water partition coefficient (Wildman–Crippen LogP) is 15.4. The van der Waals surface area contributed by atoms with Crippen molar-refractivity contribution in [2.45, 2.75) is 0 Å². The molecule has 2 heterocycles. The molecule has 0 bridgehead atoms. The first-order valence-electron chi connectivity index (χ1n) is 22.7. The molecule has 0 unspecified atom stereocenters. The lowest BCUT2D eigenvalue weighted by atomic mass is 9.88. The van der Waals surface area contributed by atoms with Gasteiger partial charge >= 0.3 is 0 Å². The van der Waals surface area contributed by atoms with Crippen molar-refractivity contribution in [3.63, 3.8) is 0 Å². The van der Waals surface area contributed by atoms with Gasteiger partial charge in [-0.3, -0.25) is 0 Å². The molecule has 0 aliphatic carbocycles. The van der Waals surface area contributed by atoms with Crippen molar-refractivity contribution >= 4 is 21.5 Å². The van der Waals surface area contributed by atoms with E-state index < -0.39 is 0 Å². The van der Waals surface area contributed by atoms with Crippen LogP contribution in [-0.4, -0.2) is 29.9 Å². The van der Waals surface area contributed by atoms with Crippen molar-refractivity contribution in [1.82, 2.24) is 29.9 Å². The molecule has 0 fully saturated rings. The van der Waals surface area contributed by atoms with Crippen LogP contribution in [0.4, 0.5) is 0 Å². The van der Waals surface area contributed by atoms with Crippen LogP contribution in [0.15, 0.2) is 243 Å². The fraction of sp³-hybridized carbons (Fsp3) is 0. The second kappa shape index (κ2) is 17.6. The summed E-state index contributed by atoms with van der Waals surface area (Å²) >= 11 is 0. The number of fused-ring (bicyclic) bond motifs is 2. The van der Waals surface area contributed by atoms with Crippen LogP contribution in [0, 0.1) is 0 Å². The summed E-state index contributed by atoms with van der Waals surface area (Å²) in [5.41, 5.74) is 11.7. The summed E-state index contributed by atoms with van der Waals surface area (Å²) in [7, 11) is 0. The van der Waals surface area contributed by atoms with Gasteiger partial charge in [0.1, 0.15) is 0 Å². The van der Waals surface area contributed by atoms with Gasteiger partial charge in [0.05, 0.1) is 0 Å². The zero-order chi connectivity index (χ0) is 45.2. The highest BCUT2D eigenvalue weighted by molar-refractivity contribution is 6.03. The van der Waals surface area contributed by atoms with Crippen LogP contribution in [0.1, 0.15) is 0 Å². The first-order valence-corrected chi connectivity index (χ1v) is 22.7. The van der Waals surface area contributed by atoms with Crippen LogP contribution >= 0.6 is 0 Å². The summed E-state index contributed by atoms with van der Waals surface area (Å²) in [5.74, 6) is 3.57. The lowest BCUT2D eigenvalue weighted by Crippen LogP contribution is -2.02. The number of aromatic nitrogens is 6. The Kier molecular flexibility index (Phi) is 10.4. The molecule has 0 radical (unpaired) electrons. The van der Waals surface area contributed by atoms with Crippen molar-refractivity contribution in [1.29, 1.82) is 0 Å². The number of nitrogens with zero attached hydrogens (tertiary/aromatic N) is 6. The molecule has 0 aliphatic heterocycles. The van der Waals surface area contributed by atoms with Crippen molar-refractivity contribution < 1.29 is 0 Å². The van der Waals surface area contributed by atoms with E-state index in [0.717, 1.165) is 77.5 Å². The Hall–Kier alpha value is -9.26. The second-order valence-electron chi connectivity index (χ2n) is 16.7. The molecule has 0 saturated heterocycles. The Labute approximate surface area is 394 Å². The summed E-state index contributed by atoms with van der Waals surface area (Å²) in [6, 6.07) is 83.8. The van der Waals surface area contributed by atoms with Crippen LogP contribution in [0.25, 0.3) is 123 Å². The second-order valence-corrected chi connectivity index (χ2v) is 16.7. The summed E-state index contributed by atoms with van der Waals surface area (Å²) in [5, 5.41) is 4.68. The van der Waals surface area contributed by atoms with Gasteiger partial charge in [0.25, 0.3) is 0 Å². The molecular weight excluding hydrogens is 829 g/mol. The topological polar surface area (TPSA) is 77.3 Å². The highest BCUT2D eigenvalue weighted by atomic mass is 15.0. The lowest BCUT2D eigenvalue weighted by molar-refractivity contribution is 1.07. The van der Waals surface area contributed by atoms with Gasteiger partial charge < -0.3 is 0 Å². The summed E-state index contributed by atoms with van der Waals surface area (Å²) in [4.78, 5) is 30.9. The molecule has 0 aliphatic rings. The van der Waals surface area contributed by atoms with E-state index in [-0.39, 0.29) is 0 Å². The van der Waals surface area contributed by atoms with Crippen molar-refractivity contribution in [2.75, 3.05) is 0 Å². The van der Waals surface area contributed by atoms with Gasteiger partial charge in [0.15, 0.2) is 34.9 Å². The Balaban J connectivity index is 1.05. The molecule has 2 aromatic heterocycles. The predicted molar refractivity (Wildman–Crippen MR) is 277 cm³/mol. The molecule has 12 rings (SSSR count). The first kappa shape index (κ1) is 40.3. The van der Waals surface area contributed by atoms with Crippen LogP contribution in [0.3, 0.4) is 0 Å². The quantitative estimate of drug-likeness (QED) is 0.144. The van der Waals surface area contributed by atoms with E-state index in [1.807, 2.05) is 97.1 Å². The molecular formula is C62H40N6. The molecule has 12 aromatic rings. The number of hydrogen-bond donors (Lipinski definition) is 0. The molecule has 10 aromatic carbocycles. The zero-order valence-electron chi connectivity index (χ0n) is 36.8. The van der Waals surface area contributed by atoms with Gasteiger partial charge in [-0.2, -0.15) is 0 Å². The number of benzene rings is 10. The minimum absolute atomic E-state index is 0.573. The van der Waals surface area contributed by atoms with Crippen LogP contribution in [0.2, 0.25) is 0 Å². The van der Waals surface area contributed by atoms with E-state index in [9.17, 15) is 0 Å². The molecule has 0 atom stereocenters. The molecule has 318 valence electrons. The minimum Gasteiger partial charge on any atom is -0.208 e. The van der Waals surface area contributed by atoms with E-state index in [4.69, 9.17) is 29.9 Å². The molecule has 6 nitrogen and oxygen atoms in total. The van der Waals surface area contributed by atoms with Gasteiger partial charge in [-0.25, -0.2) is 29.9 Å². The fourth-order valence-electron chi connectivity index (χ4n) is 9.00. The summed E-state index contributed by atoms with van der Waals surface area (Å²) in [6.45, 7) is 0. The Morgan fingerprint density at radius 2 is 0.574 bits per heavy atom. The molecule has 68 heavy (non-hydrogen) atoms. The van der Waals surface area contributed by atoms with E-state index in [1.54, 1.807) is 0 Å². The Morgan fingerprint density at radius 1 is 0.176 bits per heavy atom. The van der Waals surface area contributed by atoms with Gasteiger partial charge in [-0.1, -0.05) is 224 Å². The van der Waals surface area contributed by atoms with Gasteiger partial charge in [0.2, 0.25) is 0 Å². The smallest absolute Gasteiger partial charge is 0.164 e. The minimum atomic E-state index is 0.573. The Bertz CT molecular complexity index is 3740. The zero-order valence-corrected chi connectivity index (χ0v) is 36.8. The molecule has 0 N–H and O–H groups in total. The van der Waals surface area contributed by atoms with Crippen molar-refractivity contribution in [3.05, 3.63) is 243 Å². The normalized spacial score (nSPS) is 11.2.